The van der Waals surface area contributed by atoms with E-state index in [1.54, 1.807) is 11.8 Å². The maximum atomic E-state index is 12.4. The molecule has 2 N–H and O–H groups in total. The molecule has 1 aliphatic rings. The van der Waals surface area contributed by atoms with Gasteiger partial charge >= 0.3 is 6.03 Å². The van der Waals surface area contributed by atoms with Gasteiger partial charge in [-0.05, 0) is 60.2 Å². The van der Waals surface area contributed by atoms with Gasteiger partial charge in [0.2, 0.25) is 5.91 Å². The zero-order valence-electron chi connectivity index (χ0n) is 18.8. The van der Waals surface area contributed by atoms with Gasteiger partial charge in [-0.15, -0.1) is 11.8 Å². The Labute approximate surface area is 189 Å². The molecule has 0 unspecified atom stereocenters. The van der Waals surface area contributed by atoms with Crippen LogP contribution in [0.2, 0.25) is 0 Å². The molecule has 1 aliphatic heterocycles. The fourth-order valence-electron chi connectivity index (χ4n) is 3.50. The van der Waals surface area contributed by atoms with Gasteiger partial charge in [-0.1, -0.05) is 20.8 Å². The first-order chi connectivity index (χ1) is 14.7. The van der Waals surface area contributed by atoms with Crippen molar-refractivity contribution in [2.45, 2.75) is 32.1 Å². The van der Waals surface area contributed by atoms with E-state index in [0.29, 0.717) is 6.42 Å². The number of thioether (sulfide) groups is 1. The van der Waals surface area contributed by atoms with Gasteiger partial charge in [-0.25, -0.2) is 4.79 Å². The highest BCUT2D eigenvalue weighted by Gasteiger charge is 2.24. The molecule has 2 aromatic rings. The Morgan fingerprint density at radius 2 is 1.39 bits per heavy atom. The van der Waals surface area contributed by atoms with Crippen molar-refractivity contribution in [1.82, 2.24) is 4.90 Å². The number of anilines is 3. The van der Waals surface area contributed by atoms with Crippen molar-refractivity contribution in [2.24, 2.45) is 5.41 Å². The van der Waals surface area contributed by atoms with Crippen molar-refractivity contribution in [2.75, 3.05) is 48.0 Å². The van der Waals surface area contributed by atoms with E-state index in [1.165, 1.54) is 0 Å². The number of hydrogen-bond acceptors (Lipinski definition) is 4. The molecular formula is C24H32N4O2S. The standard InChI is InChI=1S/C24H32N4O2S/c1-24(2,3)17-22(29)28-15-13-27(14-16-28)20-9-5-18(6-10-20)25-23(30)26-19-7-11-21(31-4)12-8-19/h5-12H,13-17H2,1-4H3,(H2,25,26,30). The molecule has 1 fully saturated rings. The molecule has 0 atom stereocenters. The highest BCUT2D eigenvalue weighted by atomic mass is 32.2. The van der Waals surface area contributed by atoms with Gasteiger partial charge in [-0.3, -0.25) is 4.79 Å². The Balaban J connectivity index is 1.49. The second-order valence-corrected chi connectivity index (χ2v) is 9.84. The number of amides is 3. The van der Waals surface area contributed by atoms with Crippen molar-refractivity contribution in [3.63, 3.8) is 0 Å². The van der Waals surface area contributed by atoms with Crippen LogP contribution in [0.1, 0.15) is 27.2 Å². The lowest BCUT2D eigenvalue weighted by molar-refractivity contribution is -0.133. The number of hydrogen-bond donors (Lipinski definition) is 2. The highest BCUT2D eigenvalue weighted by Crippen LogP contribution is 2.23. The summed E-state index contributed by atoms with van der Waals surface area (Å²) in [6, 6.07) is 15.3. The predicted octanol–water partition coefficient (Wildman–Crippen LogP) is 5.14. The van der Waals surface area contributed by atoms with E-state index in [0.717, 1.165) is 48.1 Å². The molecule has 6 nitrogen and oxygen atoms in total. The van der Waals surface area contributed by atoms with E-state index in [-0.39, 0.29) is 17.4 Å². The number of piperazine rings is 1. The average Bonchev–Trinajstić information content (AvgIpc) is 2.74. The molecule has 1 saturated heterocycles. The summed E-state index contributed by atoms with van der Waals surface area (Å²) in [6.07, 6.45) is 2.60. The number of benzene rings is 2. The van der Waals surface area contributed by atoms with Gasteiger partial charge in [0, 0.05) is 54.6 Å². The maximum absolute atomic E-state index is 12.4. The van der Waals surface area contributed by atoms with Crippen LogP contribution in [-0.4, -0.2) is 49.3 Å². The highest BCUT2D eigenvalue weighted by molar-refractivity contribution is 7.98. The third-order valence-corrected chi connectivity index (χ3v) is 5.90. The molecule has 166 valence electrons. The Hall–Kier alpha value is -2.67. The zero-order valence-corrected chi connectivity index (χ0v) is 19.6. The molecule has 0 saturated carbocycles. The maximum Gasteiger partial charge on any atom is 0.323 e. The van der Waals surface area contributed by atoms with Crippen LogP contribution >= 0.6 is 11.8 Å². The van der Waals surface area contributed by atoms with E-state index in [4.69, 9.17) is 0 Å². The van der Waals surface area contributed by atoms with Gasteiger partial charge in [0.25, 0.3) is 0 Å². The van der Waals surface area contributed by atoms with Gasteiger partial charge in [0.05, 0.1) is 0 Å². The Morgan fingerprint density at radius 3 is 1.87 bits per heavy atom. The molecule has 0 bridgehead atoms. The summed E-state index contributed by atoms with van der Waals surface area (Å²) in [6.45, 7) is 9.40. The van der Waals surface area contributed by atoms with E-state index >= 15 is 0 Å². The summed E-state index contributed by atoms with van der Waals surface area (Å²) >= 11 is 1.66. The van der Waals surface area contributed by atoms with Crippen LogP contribution in [0.15, 0.2) is 53.4 Å². The summed E-state index contributed by atoms with van der Waals surface area (Å²) in [5, 5.41) is 5.71. The third kappa shape index (κ3) is 6.92. The van der Waals surface area contributed by atoms with Gasteiger partial charge < -0.3 is 20.4 Å². The lowest BCUT2D eigenvalue weighted by Crippen LogP contribution is -2.49. The normalized spacial score (nSPS) is 14.3. The van der Waals surface area contributed by atoms with Crippen molar-refractivity contribution < 1.29 is 9.59 Å². The van der Waals surface area contributed by atoms with Crippen LogP contribution in [0.5, 0.6) is 0 Å². The largest absolute Gasteiger partial charge is 0.368 e. The molecular weight excluding hydrogens is 408 g/mol. The van der Waals surface area contributed by atoms with Crippen LogP contribution in [0.25, 0.3) is 0 Å². The Kier molecular flexibility index (Phi) is 7.49. The Morgan fingerprint density at radius 1 is 0.871 bits per heavy atom. The quantitative estimate of drug-likeness (QED) is 0.632. The summed E-state index contributed by atoms with van der Waals surface area (Å²) in [5.41, 5.74) is 2.61. The van der Waals surface area contributed by atoms with E-state index in [1.807, 2.05) is 59.7 Å². The van der Waals surface area contributed by atoms with Crippen molar-refractivity contribution in [3.05, 3.63) is 48.5 Å². The first-order valence-corrected chi connectivity index (χ1v) is 11.8. The SMILES string of the molecule is CSc1ccc(NC(=O)Nc2ccc(N3CCN(C(=O)CC(C)(C)C)CC3)cc2)cc1. The van der Waals surface area contributed by atoms with Crippen molar-refractivity contribution >= 4 is 40.8 Å². The van der Waals surface area contributed by atoms with E-state index < -0.39 is 0 Å². The van der Waals surface area contributed by atoms with Gasteiger partial charge in [0.15, 0.2) is 0 Å². The summed E-state index contributed by atoms with van der Waals surface area (Å²) in [4.78, 5) is 30.1. The van der Waals surface area contributed by atoms with Gasteiger partial charge in [0.1, 0.15) is 0 Å². The van der Waals surface area contributed by atoms with Crippen LogP contribution in [0.3, 0.4) is 0 Å². The molecule has 3 rings (SSSR count). The number of carbonyl (C=O) groups excluding carboxylic acids is 2. The van der Waals surface area contributed by atoms with Crippen molar-refractivity contribution in [3.8, 4) is 0 Å². The fraction of sp³-hybridized carbons (Fsp3) is 0.417. The third-order valence-electron chi connectivity index (χ3n) is 5.15. The second-order valence-electron chi connectivity index (χ2n) is 8.96. The first-order valence-electron chi connectivity index (χ1n) is 10.6. The van der Waals surface area contributed by atoms with Crippen LogP contribution in [0, 0.1) is 5.41 Å². The second kappa shape index (κ2) is 10.1. The van der Waals surface area contributed by atoms with Crippen molar-refractivity contribution in [1.29, 1.82) is 0 Å². The molecule has 2 aromatic carbocycles. The summed E-state index contributed by atoms with van der Waals surface area (Å²) < 4.78 is 0. The molecule has 1 heterocycles. The zero-order chi connectivity index (χ0) is 22.4. The summed E-state index contributed by atoms with van der Waals surface area (Å²) in [5.74, 6) is 0.237. The van der Waals surface area contributed by atoms with E-state index in [2.05, 4.69) is 36.3 Å². The summed E-state index contributed by atoms with van der Waals surface area (Å²) in [7, 11) is 0. The van der Waals surface area contributed by atoms with Crippen LogP contribution in [0.4, 0.5) is 21.9 Å². The first kappa shape index (κ1) is 23.0. The monoisotopic (exact) mass is 440 g/mol. The van der Waals surface area contributed by atoms with Crippen LogP contribution < -0.4 is 15.5 Å². The number of nitrogens with one attached hydrogen (secondary N) is 2. The molecule has 0 spiro atoms. The number of rotatable bonds is 5. The Bertz CT molecular complexity index is 883. The lowest BCUT2D eigenvalue weighted by atomic mass is 9.91. The number of nitrogens with zero attached hydrogens (tertiary/aromatic N) is 2. The molecule has 7 heteroatoms. The number of urea groups is 1. The van der Waals surface area contributed by atoms with Gasteiger partial charge in [-0.2, -0.15) is 0 Å². The molecule has 0 aliphatic carbocycles. The molecule has 3 amide bonds. The number of carbonyl (C=O) groups is 2. The minimum absolute atomic E-state index is 0.0152. The smallest absolute Gasteiger partial charge is 0.323 e. The molecule has 31 heavy (non-hydrogen) atoms. The predicted molar refractivity (Wildman–Crippen MR) is 130 cm³/mol. The minimum atomic E-state index is -0.268. The van der Waals surface area contributed by atoms with E-state index in [9.17, 15) is 9.59 Å². The lowest BCUT2D eigenvalue weighted by Gasteiger charge is -2.37. The average molecular weight is 441 g/mol. The topological polar surface area (TPSA) is 64.7 Å². The molecule has 0 aromatic heterocycles. The van der Waals surface area contributed by atoms with Crippen LogP contribution in [-0.2, 0) is 4.79 Å². The molecule has 0 radical (unpaired) electrons. The minimum Gasteiger partial charge on any atom is -0.368 e. The fourth-order valence-corrected chi connectivity index (χ4v) is 3.91.